The molecule has 112 valence electrons. The summed E-state index contributed by atoms with van der Waals surface area (Å²) in [5.74, 6) is 2.20. The predicted octanol–water partition coefficient (Wildman–Crippen LogP) is 3.08. The first-order chi connectivity index (χ1) is 9.27. The van der Waals surface area contributed by atoms with Crippen LogP contribution < -0.4 is 0 Å². The van der Waals surface area contributed by atoms with Crippen LogP contribution in [0.4, 0.5) is 0 Å². The summed E-state index contributed by atoms with van der Waals surface area (Å²) in [6.07, 6.45) is 2.66. The Labute approximate surface area is 121 Å². The van der Waals surface area contributed by atoms with Gasteiger partial charge >= 0.3 is 0 Å². The second-order valence-corrected chi connectivity index (χ2v) is 7.04. The minimum absolute atomic E-state index is 0.119. The minimum atomic E-state index is -0.119. The van der Waals surface area contributed by atoms with E-state index in [1.54, 1.807) is 0 Å². The van der Waals surface area contributed by atoms with E-state index in [4.69, 9.17) is 4.42 Å². The Balaban J connectivity index is 2.06. The molecule has 20 heavy (non-hydrogen) atoms. The molecule has 1 saturated heterocycles. The molecular weight excluding hydrogens is 252 g/mol. The second-order valence-electron chi connectivity index (χ2n) is 7.04. The van der Waals surface area contributed by atoms with Crippen LogP contribution in [-0.2, 0) is 16.6 Å². The van der Waals surface area contributed by atoms with E-state index in [-0.39, 0.29) is 11.3 Å². The van der Waals surface area contributed by atoms with Gasteiger partial charge in [0.05, 0.1) is 12.1 Å². The molecule has 1 amide bonds. The molecule has 0 aromatic carbocycles. The quantitative estimate of drug-likeness (QED) is 0.835. The second kappa shape index (κ2) is 5.58. The summed E-state index contributed by atoms with van der Waals surface area (Å²) in [6, 6.07) is 0. The Morgan fingerprint density at radius 3 is 2.70 bits per heavy atom. The lowest BCUT2D eigenvalue weighted by Crippen LogP contribution is -2.39. The molecule has 2 heterocycles. The molecular formula is C16H26N2O2. The third kappa shape index (κ3) is 3.41. The number of aryl methyl sites for hydroxylation is 1. The first-order valence-corrected chi connectivity index (χ1v) is 7.52. The van der Waals surface area contributed by atoms with Gasteiger partial charge < -0.3 is 9.32 Å². The fourth-order valence-electron chi connectivity index (χ4n) is 2.58. The van der Waals surface area contributed by atoms with Gasteiger partial charge in [-0.05, 0) is 25.7 Å². The molecule has 4 heteroatoms. The van der Waals surface area contributed by atoms with Crippen molar-refractivity contribution in [3.05, 3.63) is 17.3 Å². The number of nitrogens with zero attached hydrogens (tertiary/aromatic N) is 2. The van der Waals surface area contributed by atoms with E-state index in [2.05, 4.69) is 32.7 Å². The van der Waals surface area contributed by atoms with Crippen LogP contribution in [0.3, 0.4) is 0 Å². The highest BCUT2D eigenvalue weighted by atomic mass is 16.4. The third-order valence-corrected chi connectivity index (χ3v) is 3.86. The number of hydrogen-bond acceptors (Lipinski definition) is 3. The standard InChI is InChI=1S/C16H26N2O2/c1-11-7-6-8-18(10-11)14(19)9-13-12(2)17-15(20-13)16(3,4)5/h11H,6-10H2,1-5H3. The predicted molar refractivity (Wildman–Crippen MR) is 78.6 cm³/mol. The average molecular weight is 278 g/mol. The molecule has 0 aliphatic carbocycles. The van der Waals surface area contributed by atoms with E-state index in [1.807, 2.05) is 11.8 Å². The van der Waals surface area contributed by atoms with Crippen molar-refractivity contribution in [2.45, 2.75) is 59.3 Å². The zero-order valence-electron chi connectivity index (χ0n) is 13.3. The number of piperidine rings is 1. The summed E-state index contributed by atoms with van der Waals surface area (Å²) >= 11 is 0. The van der Waals surface area contributed by atoms with Crippen LogP contribution in [0.2, 0.25) is 0 Å². The summed E-state index contributed by atoms with van der Waals surface area (Å²) in [5.41, 5.74) is 0.722. The summed E-state index contributed by atoms with van der Waals surface area (Å²) in [5, 5.41) is 0. The van der Waals surface area contributed by atoms with Crippen LogP contribution in [0.5, 0.6) is 0 Å². The van der Waals surface area contributed by atoms with Crippen molar-refractivity contribution in [2.75, 3.05) is 13.1 Å². The van der Waals surface area contributed by atoms with E-state index in [9.17, 15) is 4.79 Å². The number of hydrogen-bond donors (Lipinski definition) is 0. The SMILES string of the molecule is Cc1nc(C(C)(C)C)oc1CC(=O)N1CCCC(C)C1. The Morgan fingerprint density at radius 1 is 1.45 bits per heavy atom. The molecule has 2 rings (SSSR count). The monoisotopic (exact) mass is 278 g/mol. The smallest absolute Gasteiger partial charge is 0.230 e. The van der Waals surface area contributed by atoms with Crippen LogP contribution in [0, 0.1) is 12.8 Å². The van der Waals surface area contributed by atoms with Crippen molar-refractivity contribution < 1.29 is 9.21 Å². The van der Waals surface area contributed by atoms with E-state index >= 15 is 0 Å². The van der Waals surface area contributed by atoms with Crippen LogP contribution in [0.15, 0.2) is 4.42 Å². The van der Waals surface area contributed by atoms with Gasteiger partial charge in [0.25, 0.3) is 0 Å². The van der Waals surface area contributed by atoms with Gasteiger partial charge in [-0.3, -0.25) is 4.79 Å². The van der Waals surface area contributed by atoms with Crippen molar-refractivity contribution >= 4 is 5.91 Å². The third-order valence-electron chi connectivity index (χ3n) is 3.86. The average Bonchev–Trinajstić information content (AvgIpc) is 2.71. The lowest BCUT2D eigenvalue weighted by molar-refractivity contribution is -0.132. The lowest BCUT2D eigenvalue weighted by Gasteiger charge is -2.30. The summed E-state index contributed by atoms with van der Waals surface area (Å²) < 4.78 is 5.81. The number of carbonyl (C=O) groups is 1. The number of carbonyl (C=O) groups excluding carboxylic acids is 1. The highest BCUT2D eigenvalue weighted by Gasteiger charge is 2.26. The van der Waals surface area contributed by atoms with E-state index in [1.165, 1.54) is 6.42 Å². The van der Waals surface area contributed by atoms with Crippen molar-refractivity contribution in [1.82, 2.24) is 9.88 Å². The van der Waals surface area contributed by atoms with Gasteiger partial charge in [-0.1, -0.05) is 27.7 Å². The van der Waals surface area contributed by atoms with Crippen molar-refractivity contribution in [3.63, 3.8) is 0 Å². The summed E-state index contributed by atoms with van der Waals surface area (Å²) in [7, 11) is 0. The van der Waals surface area contributed by atoms with Gasteiger partial charge in [0, 0.05) is 18.5 Å². The fourth-order valence-corrected chi connectivity index (χ4v) is 2.58. The molecule has 0 bridgehead atoms. The number of aromatic nitrogens is 1. The van der Waals surface area contributed by atoms with Crippen LogP contribution >= 0.6 is 0 Å². The van der Waals surface area contributed by atoms with Gasteiger partial charge in [0.1, 0.15) is 5.76 Å². The summed E-state index contributed by atoms with van der Waals surface area (Å²) in [6.45, 7) is 12.1. The molecule has 1 aliphatic heterocycles. The zero-order chi connectivity index (χ0) is 14.9. The van der Waals surface area contributed by atoms with Gasteiger partial charge in [0.15, 0.2) is 5.89 Å². The first kappa shape index (κ1) is 15.1. The lowest BCUT2D eigenvalue weighted by atomic mass is 9.97. The van der Waals surface area contributed by atoms with Crippen molar-refractivity contribution in [3.8, 4) is 0 Å². The van der Waals surface area contributed by atoms with Crippen LogP contribution in [0.25, 0.3) is 0 Å². The maximum absolute atomic E-state index is 12.4. The van der Waals surface area contributed by atoms with Crippen LogP contribution in [-0.4, -0.2) is 28.9 Å². The molecule has 1 atom stereocenters. The number of likely N-dealkylation sites (tertiary alicyclic amines) is 1. The minimum Gasteiger partial charge on any atom is -0.444 e. The number of oxazole rings is 1. The Hall–Kier alpha value is -1.32. The topological polar surface area (TPSA) is 46.3 Å². The Morgan fingerprint density at radius 2 is 2.15 bits per heavy atom. The molecule has 1 fully saturated rings. The van der Waals surface area contributed by atoms with E-state index < -0.39 is 0 Å². The Kier molecular flexibility index (Phi) is 4.21. The molecule has 0 radical (unpaired) electrons. The van der Waals surface area contributed by atoms with Crippen molar-refractivity contribution in [1.29, 1.82) is 0 Å². The maximum Gasteiger partial charge on any atom is 0.230 e. The summed E-state index contributed by atoms with van der Waals surface area (Å²) in [4.78, 5) is 18.8. The number of amides is 1. The molecule has 0 spiro atoms. The fraction of sp³-hybridized carbons (Fsp3) is 0.750. The van der Waals surface area contributed by atoms with Gasteiger partial charge in [-0.15, -0.1) is 0 Å². The molecule has 0 N–H and O–H groups in total. The molecule has 1 aromatic rings. The van der Waals surface area contributed by atoms with Gasteiger partial charge in [-0.2, -0.15) is 0 Å². The Bertz CT molecular complexity index is 485. The molecule has 4 nitrogen and oxygen atoms in total. The highest BCUT2D eigenvalue weighted by Crippen LogP contribution is 2.24. The maximum atomic E-state index is 12.4. The molecule has 1 aliphatic rings. The first-order valence-electron chi connectivity index (χ1n) is 7.52. The van der Waals surface area contributed by atoms with Gasteiger partial charge in [0.2, 0.25) is 5.91 Å². The normalized spacial score (nSPS) is 20.2. The molecule has 0 saturated carbocycles. The van der Waals surface area contributed by atoms with Crippen LogP contribution in [0.1, 0.15) is 57.9 Å². The van der Waals surface area contributed by atoms with Gasteiger partial charge in [-0.25, -0.2) is 4.98 Å². The van der Waals surface area contributed by atoms with Crippen molar-refractivity contribution in [2.24, 2.45) is 5.92 Å². The highest BCUT2D eigenvalue weighted by molar-refractivity contribution is 5.78. The molecule has 1 unspecified atom stereocenters. The van der Waals surface area contributed by atoms with E-state index in [0.29, 0.717) is 18.2 Å². The molecule has 1 aromatic heterocycles. The van der Waals surface area contributed by atoms with E-state index in [0.717, 1.165) is 31.0 Å². The largest absolute Gasteiger partial charge is 0.444 e. The number of rotatable bonds is 2. The zero-order valence-corrected chi connectivity index (χ0v) is 13.3.